The Balaban J connectivity index is 1.44. The van der Waals surface area contributed by atoms with Crippen molar-refractivity contribution in [2.24, 2.45) is 5.92 Å². The van der Waals surface area contributed by atoms with Crippen LogP contribution in [0.5, 0.6) is 0 Å². The maximum Gasteiger partial charge on any atom is 0.253 e. The van der Waals surface area contributed by atoms with Gasteiger partial charge < -0.3 is 15.4 Å². The minimum absolute atomic E-state index is 0.0313. The van der Waals surface area contributed by atoms with Crippen LogP contribution in [0.2, 0.25) is 0 Å². The van der Waals surface area contributed by atoms with Crippen LogP contribution in [-0.2, 0) is 9.53 Å². The molecule has 4 rings (SSSR count). The standard InChI is InChI=1S/C22H24N2O3/c25-21(24-20(16-11-12-16)15-6-2-1-3-7-15)17-8-4-9-18(14-17)23-22(26)19-10-5-13-27-19/h1-4,6-9,14,16,19-20H,5,10-13H2,(H,23,26)(H,24,25)/t19-,20+/m1/s1. The number of anilines is 1. The Labute approximate surface area is 159 Å². The third kappa shape index (κ3) is 4.37. The molecule has 1 aliphatic heterocycles. The van der Waals surface area contributed by atoms with Crippen molar-refractivity contribution in [1.82, 2.24) is 5.32 Å². The van der Waals surface area contributed by atoms with Crippen molar-refractivity contribution in [3.8, 4) is 0 Å². The zero-order valence-corrected chi connectivity index (χ0v) is 15.2. The lowest BCUT2D eigenvalue weighted by molar-refractivity contribution is -0.124. The van der Waals surface area contributed by atoms with Crippen LogP contribution in [0, 0.1) is 5.92 Å². The minimum atomic E-state index is -0.389. The smallest absolute Gasteiger partial charge is 0.253 e. The van der Waals surface area contributed by atoms with E-state index in [4.69, 9.17) is 4.74 Å². The minimum Gasteiger partial charge on any atom is -0.368 e. The molecule has 140 valence electrons. The number of carbonyl (C=O) groups excluding carboxylic acids is 2. The molecule has 27 heavy (non-hydrogen) atoms. The van der Waals surface area contributed by atoms with Crippen molar-refractivity contribution in [2.45, 2.75) is 37.8 Å². The average molecular weight is 364 g/mol. The molecule has 0 spiro atoms. The molecule has 0 aromatic heterocycles. The molecule has 2 fully saturated rings. The lowest BCUT2D eigenvalue weighted by Gasteiger charge is -2.19. The molecule has 0 radical (unpaired) electrons. The van der Waals surface area contributed by atoms with Crippen molar-refractivity contribution in [1.29, 1.82) is 0 Å². The summed E-state index contributed by atoms with van der Waals surface area (Å²) in [6, 6.07) is 17.2. The van der Waals surface area contributed by atoms with E-state index in [2.05, 4.69) is 22.8 Å². The first kappa shape index (κ1) is 17.7. The van der Waals surface area contributed by atoms with Gasteiger partial charge in [0.25, 0.3) is 11.8 Å². The highest BCUT2D eigenvalue weighted by Crippen LogP contribution is 2.41. The predicted octanol–water partition coefficient (Wildman–Crippen LogP) is 3.69. The van der Waals surface area contributed by atoms with Gasteiger partial charge in [0.05, 0.1) is 6.04 Å². The maximum absolute atomic E-state index is 12.8. The van der Waals surface area contributed by atoms with E-state index in [1.54, 1.807) is 24.3 Å². The van der Waals surface area contributed by atoms with Gasteiger partial charge in [0.2, 0.25) is 0 Å². The maximum atomic E-state index is 12.8. The quantitative estimate of drug-likeness (QED) is 0.821. The van der Waals surface area contributed by atoms with Crippen LogP contribution in [0.1, 0.15) is 47.6 Å². The Kier molecular flexibility index (Phi) is 5.21. The largest absolute Gasteiger partial charge is 0.368 e. The summed E-state index contributed by atoms with van der Waals surface area (Å²) in [4.78, 5) is 25.0. The summed E-state index contributed by atoms with van der Waals surface area (Å²) in [6.07, 6.45) is 3.53. The summed E-state index contributed by atoms with van der Waals surface area (Å²) in [5, 5.41) is 6.03. The second kappa shape index (κ2) is 7.92. The Bertz CT molecular complexity index is 811. The topological polar surface area (TPSA) is 67.4 Å². The second-order valence-corrected chi connectivity index (χ2v) is 7.27. The third-order valence-electron chi connectivity index (χ3n) is 5.15. The third-order valence-corrected chi connectivity index (χ3v) is 5.15. The molecule has 2 aromatic carbocycles. The van der Waals surface area contributed by atoms with Gasteiger partial charge in [0.1, 0.15) is 6.10 Å². The number of hydrogen-bond donors (Lipinski definition) is 2. The SMILES string of the molecule is O=C(N[C@@H](c1ccccc1)C1CC1)c1cccc(NC(=O)[C@H]2CCCO2)c1. The zero-order chi connectivity index (χ0) is 18.6. The van der Waals surface area contributed by atoms with E-state index in [-0.39, 0.29) is 24.0 Å². The number of rotatable bonds is 6. The molecule has 1 saturated heterocycles. The van der Waals surface area contributed by atoms with E-state index in [0.29, 0.717) is 23.8 Å². The molecule has 2 amide bonds. The lowest BCUT2D eigenvalue weighted by atomic mass is 10.0. The molecular formula is C22H24N2O3. The first-order chi connectivity index (χ1) is 13.2. The van der Waals surface area contributed by atoms with Gasteiger partial charge in [0, 0.05) is 17.9 Å². The molecule has 2 aromatic rings. The first-order valence-corrected chi connectivity index (χ1v) is 9.59. The van der Waals surface area contributed by atoms with Crippen molar-refractivity contribution in [3.05, 3.63) is 65.7 Å². The summed E-state index contributed by atoms with van der Waals surface area (Å²) in [5.74, 6) is 0.230. The van der Waals surface area contributed by atoms with Crippen molar-refractivity contribution in [2.75, 3.05) is 11.9 Å². The molecule has 0 unspecified atom stereocenters. The number of ether oxygens (including phenoxy) is 1. The lowest BCUT2D eigenvalue weighted by Crippen LogP contribution is -2.30. The van der Waals surface area contributed by atoms with E-state index in [1.807, 2.05) is 18.2 Å². The van der Waals surface area contributed by atoms with Crippen LogP contribution in [-0.4, -0.2) is 24.5 Å². The van der Waals surface area contributed by atoms with Crippen LogP contribution in [0.25, 0.3) is 0 Å². The number of nitrogens with one attached hydrogen (secondary N) is 2. The number of carbonyl (C=O) groups is 2. The number of amides is 2. The van der Waals surface area contributed by atoms with Gasteiger partial charge in [-0.2, -0.15) is 0 Å². The fourth-order valence-corrected chi connectivity index (χ4v) is 3.53. The van der Waals surface area contributed by atoms with E-state index < -0.39 is 0 Å². The van der Waals surface area contributed by atoms with Gasteiger partial charge in [0.15, 0.2) is 0 Å². The average Bonchev–Trinajstić information content (AvgIpc) is 3.39. The molecule has 1 heterocycles. The van der Waals surface area contributed by atoms with Gasteiger partial charge in [-0.25, -0.2) is 0 Å². The van der Waals surface area contributed by atoms with E-state index >= 15 is 0 Å². The molecule has 1 aliphatic carbocycles. The molecule has 5 heteroatoms. The summed E-state index contributed by atoms with van der Waals surface area (Å²) in [7, 11) is 0. The fourth-order valence-electron chi connectivity index (χ4n) is 3.53. The summed E-state index contributed by atoms with van der Waals surface area (Å²) < 4.78 is 5.41. The number of hydrogen-bond acceptors (Lipinski definition) is 3. The monoisotopic (exact) mass is 364 g/mol. The summed E-state index contributed by atoms with van der Waals surface area (Å²) in [5.41, 5.74) is 2.30. The van der Waals surface area contributed by atoms with E-state index in [9.17, 15) is 9.59 Å². The summed E-state index contributed by atoms with van der Waals surface area (Å²) >= 11 is 0. The molecule has 2 atom stereocenters. The van der Waals surface area contributed by atoms with Crippen LogP contribution in [0.3, 0.4) is 0 Å². The molecule has 2 N–H and O–H groups in total. The highest BCUT2D eigenvalue weighted by molar-refractivity contribution is 5.98. The molecule has 1 saturated carbocycles. The van der Waals surface area contributed by atoms with Crippen molar-refractivity contribution >= 4 is 17.5 Å². The van der Waals surface area contributed by atoms with Gasteiger partial charge in [-0.15, -0.1) is 0 Å². The summed E-state index contributed by atoms with van der Waals surface area (Å²) in [6.45, 7) is 0.628. The Morgan fingerprint density at radius 1 is 1.00 bits per heavy atom. The van der Waals surface area contributed by atoms with Gasteiger partial charge in [-0.1, -0.05) is 36.4 Å². The normalized spacial score (nSPS) is 20.1. The Morgan fingerprint density at radius 3 is 2.52 bits per heavy atom. The predicted molar refractivity (Wildman–Crippen MR) is 103 cm³/mol. The van der Waals surface area contributed by atoms with Crippen LogP contribution in [0.4, 0.5) is 5.69 Å². The number of benzene rings is 2. The fraction of sp³-hybridized carbons (Fsp3) is 0.364. The molecule has 0 bridgehead atoms. The van der Waals surface area contributed by atoms with Crippen LogP contribution < -0.4 is 10.6 Å². The molecule has 5 nitrogen and oxygen atoms in total. The second-order valence-electron chi connectivity index (χ2n) is 7.27. The van der Waals surface area contributed by atoms with Crippen molar-refractivity contribution in [3.63, 3.8) is 0 Å². The Morgan fingerprint density at radius 2 is 1.81 bits per heavy atom. The van der Waals surface area contributed by atoms with E-state index in [0.717, 1.165) is 31.2 Å². The van der Waals surface area contributed by atoms with Gasteiger partial charge in [-0.05, 0) is 55.4 Å². The Hall–Kier alpha value is -2.66. The van der Waals surface area contributed by atoms with E-state index in [1.165, 1.54) is 0 Å². The zero-order valence-electron chi connectivity index (χ0n) is 15.2. The van der Waals surface area contributed by atoms with Gasteiger partial charge in [-0.3, -0.25) is 9.59 Å². The highest BCUT2D eigenvalue weighted by Gasteiger charge is 2.33. The van der Waals surface area contributed by atoms with Crippen LogP contribution in [0.15, 0.2) is 54.6 Å². The molecular weight excluding hydrogens is 340 g/mol. The highest BCUT2D eigenvalue weighted by atomic mass is 16.5. The first-order valence-electron chi connectivity index (χ1n) is 9.59. The van der Waals surface area contributed by atoms with Crippen LogP contribution >= 0.6 is 0 Å². The molecule has 2 aliphatic rings. The van der Waals surface area contributed by atoms with Crippen molar-refractivity contribution < 1.29 is 14.3 Å². The van der Waals surface area contributed by atoms with Gasteiger partial charge >= 0.3 is 0 Å².